The normalized spacial score (nSPS) is 16.0. The van der Waals surface area contributed by atoms with E-state index in [1.165, 1.54) is 29.3 Å². The van der Waals surface area contributed by atoms with Gasteiger partial charge in [-0.05, 0) is 55.3 Å². The lowest BCUT2D eigenvalue weighted by Gasteiger charge is -2.31. The maximum atomic E-state index is 13.8. The van der Waals surface area contributed by atoms with Crippen molar-refractivity contribution in [3.05, 3.63) is 82.4 Å². The smallest absolute Gasteiger partial charge is 0.333 e. The molecule has 2 amide bonds. The maximum absolute atomic E-state index is 13.8. The van der Waals surface area contributed by atoms with Crippen LogP contribution < -0.4 is 10.6 Å². The molecule has 4 N–H and O–H groups in total. The molecule has 0 radical (unpaired) electrons. The summed E-state index contributed by atoms with van der Waals surface area (Å²) in [7, 11) is 0. The van der Waals surface area contributed by atoms with Crippen molar-refractivity contribution < 1.29 is 23.9 Å². The highest BCUT2D eigenvalue weighted by atomic mass is 19.1. The standard InChI is InChI=1S/C24H21FN4O4/c1-12-6-21(18(9-16(12)23(26)31)20-7-13(2)27-28-20)29-11-19(24(32)33)17(10-22(29)30)14-4-3-5-15(25)8-14/h3-9,11,17H,10H2,1-2H3,(H2,26,31)(H,27,28)(H,32,33)/t17-/m0/s1. The van der Waals surface area contributed by atoms with Crippen molar-refractivity contribution in [3.63, 3.8) is 0 Å². The van der Waals surface area contributed by atoms with Gasteiger partial charge >= 0.3 is 5.97 Å². The highest BCUT2D eigenvalue weighted by molar-refractivity contribution is 6.06. The van der Waals surface area contributed by atoms with Gasteiger partial charge in [-0.3, -0.25) is 19.6 Å². The number of benzene rings is 2. The van der Waals surface area contributed by atoms with E-state index in [0.717, 1.165) is 5.69 Å². The van der Waals surface area contributed by atoms with E-state index < -0.39 is 23.6 Å². The summed E-state index contributed by atoms with van der Waals surface area (Å²) >= 11 is 0. The number of nitrogens with zero attached hydrogens (tertiary/aromatic N) is 2. The Balaban J connectivity index is 1.89. The molecule has 1 aromatic heterocycles. The van der Waals surface area contributed by atoms with Gasteiger partial charge in [-0.1, -0.05) is 12.1 Å². The number of nitrogens with two attached hydrogens (primary N) is 1. The number of primary amides is 1. The van der Waals surface area contributed by atoms with Gasteiger partial charge in [-0.15, -0.1) is 0 Å². The third kappa shape index (κ3) is 4.12. The first-order valence-electron chi connectivity index (χ1n) is 10.1. The summed E-state index contributed by atoms with van der Waals surface area (Å²) in [6, 6.07) is 10.4. The number of hydrogen-bond donors (Lipinski definition) is 3. The molecule has 0 spiro atoms. The molecule has 9 heteroatoms. The Morgan fingerprint density at radius 3 is 2.58 bits per heavy atom. The van der Waals surface area contributed by atoms with E-state index in [4.69, 9.17) is 5.73 Å². The molecule has 1 atom stereocenters. The predicted octanol–water partition coefficient (Wildman–Crippen LogP) is 3.42. The van der Waals surface area contributed by atoms with Crippen molar-refractivity contribution in [1.29, 1.82) is 0 Å². The molecule has 0 bridgehead atoms. The van der Waals surface area contributed by atoms with Crippen LogP contribution in [0.1, 0.15) is 39.5 Å². The second kappa shape index (κ2) is 8.34. The summed E-state index contributed by atoms with van der Waals surface area (Å²) in [4.78, 5) is 38.5. The summed E-state index contributed by atoms with van der Waals surface area (Å²) in [5.74, 6) is -3.55. The number of carbonyl (C=O) groups excluding carboxylic acids is 2. The van der Waals surface area contributed by atoms with E-state index in [-0.39, 0.29) is 23.5 Å². The molecule has 3 aromatic rings. The van der Waals surface area contributed by atoms with Crippen LogP contribution in [0.3, 0.4) is 0 Å². The Kier molecular flexibility index (Phi) is 5.55. The van der Waals surface area contributed by atoms with Crippen LogP contribution >= 0.6 is 0 Å². The molecule has 168 valence electrons. The Hall–Kier alpha value is -4.27. The van der Waals surface area contributed by atoms with Crippen LogP contribution in [0.4, 0.5) is 10.1 Å². The Labute approximate surface area is 188 Å². The third-order valence-corrected chi connectivity index (χ3v) is 5.64. The van der Waals surface area contributed by atoms with Gasteiger partial charge in [-0.2, -0.15) is 5.10 Å². The second-order valence-electron chi connectivity index (χ2n) is 7.95. The number of hydrogen-bond acceptors (Lipinski definition) is 4. The molecule has 4 rings (SSSR count). The zero-order valence-electron chi connectivity index (χ0n) is 17.9. The quantitative estimate of drug-likeness (QED) is 0.551. The minimum Gasteiger partial charge on any atom is -0.478 e. The summed E-state index contributed by atoms with van der Waals surface area (Å²) in [5, 5.41) is 16.9. The van der Waals surface area contributed by atoms with E-state index in [1.54, 1.807) is 38.1 Å². The SMILES string of the molecule is Cc1cc(-c2cc(C(N)=O)c(C)cc2N2C=C(C(=O)O)[C@H](c3cccc(F)c3)CC2=O)n[nH]1. The Morgan fingerprint density at radius 2 is 1.97 bits per heavy atom. The van der Waals surface area contributed by atoms with E-state index >= 15 is 0 Å². The van der Waals surface area contributed by atoms with Gasteiger partial charge in [0.15, 0.2) is 0 Å². The topological polar surface area (TPSA) is 129 Å². The average molecular weight is 448 g/mol. The van der Waals surface area contributed by atoms with Crippen LogP contribution in [0.25, 0.3) is 11.3 Å². The molecule has 33 heavy (non-hydrogen) atoms. The van der Waals surface area contributed by atoms with E-state index in [9.17, 15) is 23.9 Å². The van der Waals surface area contributed by atoms with E-state index in [2.05, 4.69) is 10.2 Å². The zero-order valence-corrected chi connectivity index (χ0v) is 17.9. The molecule has 0 saturated carbocycles. The molecular formula is C24H21FN4O4. The number of carboxylic acids is 1. The van der Waals surface area contributed by atoms with Gasteiger partial charge in [-0.25, -0.2) is 9.18 Å². The number of H-pyrrole nitrogens is 1. The number of carboxylic acid groups (broad SMARTS) is 1. The number of amides is 2. The van der Waals surface area contributed by atoms with Gasteiger partial charge in [0, 0.05) is 35.4 Å². The fourth-order valence-electron chi connectivity index (χ4n) is 4.03. The van der Waals surface area contributed by atoms with Crippen molar-refractivity contribution in [2.24, 2.45) is 5.73 Å². The largest absolute Gasteiger partial charge is 0.478 e. The fraction of sp³-hybridized carbons (Fsp3) is 0.167. The molecular weight excluding hydrogens is 427 g/mol. The molecule has 8 nitrogen and oxygen atoms in total. The third-order valence-electron chi connectivity index (χ3n) is 5.64. The number of aliphatic carboxylic acids is 1. The van der Waals surface area contributed by atoms with Crippen LogP contribution in [-0.4, -0.2) is 33.1 Å². The summed E-state index contributed by atoms with van der Waals surface area (Å²) in [5.41, 5.74) is 8.68. The molecule has 2 aromatic carbocycles. The number of carbonyl (C=O) groups is 3. The minimum atomic E-state index is -1.22. The van der Waals surface area contributed by atoms with Gasteiger partial charge in [0.05, 0.1) is 17.0 Å². The summed E-state index contributed by atoms with van der Waals surface area (Å²) in [6.07, 6.45) is 1.09. The first kappa shape index (κ1) is 21.9. The van der Waals surface area contributed by atoms with Crippen molar-refractivity contribution in [2.75, 3.05) is 4.90 Å². The molecule has 1 aliphatic rings. The van der Waals surface area contributed by atoms with Gasteiger partial charge < -0.3 is 10.8 Å². The van der Waals surface area contributed by atoms with Crippen LogP contribution in [-0.2, 0) is 9.59 Å². The first-order chi connectivity index (χ1) is 15.7. The van der Waals surface area contributed by atoms with Gasteiger partial charge in [0.25, 0.3) is 0 Å². The van der Waals surface area contributed by atoms with Gasteiger partial charge in [0.1, 0.15) is 5.82 Å². The Bertz CT molecular complexity index is 1330. The first-order valence-corrected chi connectivity index (χ1v) is 10.1. The molecule has 2 heterocycles. The van der Waals surface area contributed by atoms with Crippen LogP contribution in [0.5, 0.6) is 0 Å². The minimum absolute atomic E-state index is 0.0546. The lowest BCUT2D eigenvalue weighted by atomic mass is 9.85. The number of nitrogens with one attached hydrogen (secondary N) is 1. The molecule has 0 aliphatic carbocycles. The maximum Gasteiger partial charge on any atom is 0.333 e. The number of halogens is 1. The Morgan fingerprint density at radius 1 is 1.21 bits per heavy atom. The van der Waals surface area contributed by atoms with Crippen molar-refractivity contribution in [3.8, 4) is 11.3 Å². The lowest BCUT2D eigenvalue weighted by Crippen LogP contribution is -2.35. The number of rotatable bonds is 5. The number of anilines is 1. The predicted molar refractivity (Wildman–Crippen MR) is 119 cm³/mol. The monoisotopic (exact) mass is 448 g/mol. The number of aromatic amines is 1. The van der Waals surface area contributed by atoms with Gasteiger partial charge in [0.2, 0.25) is 11.8 Å². The highest BCUT2D eigenvalue weighted by Gasteiger charge is 2.34. The van der Waals surface area contributed by atoms with Crippen LogP contribution in [0.2, 0.25) is 0 Å². The molecule has 1 aliphatic heterocycles. The number of aryl methyl sites for hydroxylation is 2. The average Bonchev–Trinajstić information content (AvgIpc) is 3.19. The fourth-order valence-corrected chi connectivity index (χ4v) is 4.03. The highest BCUT2D eigenvalue weighted by Crippen LogP contribution is 2.39. The number of aromatic nitrogens is 2. The molecule has 0 unspecified atom stereocenters. The van der Waals surface area contributed by atoms with Crippen LogP contribution in [0.15, 0.2) is 54.2 Å². The molecule has 0 saturated heterocycles. The second-order valence-corrected chi connectivity index (χ2v) is 7.95. The molecule has 0 fully saturated rings. The van der Waals surface area contributed by atoms with Crippen molar-refractivity contribution >= 4 is 23.5 Å². The summed E-state index contributed by atoms with van der Waals surface area (Å²) < 4.78 is 13.8. The van der Waals surface area contributed by atoms with Crippen LogP contribution in [0, 0.1) is 19.7 Å². The summed E-state index contributed by atoms with van der Waals surface area (Å²) in [6.45, 7) is 3.48. The zero-order chi connectivity index (χ0) is 23.9. The van der Waals surface area contributed by atoms with Crippen molar-refractivity contribution in [2.45, 2.75) is 26.2 Å². The van der Waals surface area contributed by atoms with E-state index in [1.807, 2.05) is 0 Å². The van der Waals surface area contributed by atoms with Crippen molar-refractivity contribution in [1.82, 2.24) is 10.2 Å². The van der Waals surface area contributed by atoms with E-state index in [0.29, 0.717) is 28.1 Å². The lowest BCUT2D eigenvalue weighted by molar-refractivity contribution is -0.133.